The second-order valence-electron chi connectivity index (χ2n) is 11.1. The molecule has 0 spiro atoms. The fourth-order valence-corrected chi connectivity index (χ4v) is 4.37. The van der Waals surface area contributed by atoms with E-state index in [-0.39, 0.29) is 43.8 Å². The van der Waals surface area contributed by atoms with Crippen LogP contribution in [0, 0.1) is 5.92 Å². The van der Waals surface area contributed by atoms with Crippen molar-refractivity contribution >= 4 is 35.5 Å². The minimum atomic E-state index is -1.18. The normalized spacial score (nSPS) is 13.5. The molecule has 14 heteroatoms. The molecule has 0 fully saturated rings. The van der Waals surface area contributed by atoms with Crippen molar-refractivity contribution in [2.24, 2.45) is 17.4 Å². The highest BCUT2D eigenvalue weighted by atomic mass is 16.4. The van der Waals surface area contributed by atoms with Gasteiger partial charge < -0.3 is 42.9 Å². The Bertz CT molecular complexity index is 1320. The molecule has 0 aliphatic rings. The van der Waals surface area contributed by atoms with Crippen LogP contribution in [-0.4, -0.2) is 76.4 Å². The number of aromatic hydroxyl groups is 1. The van der Waals surface area contributed by atoms with Crippen LogP contribution in [0.3, 0.4) is 0 Å². The molecule has 0 saturated heterocycles. The zero-order chi connectivity index (χ0) is 33.5. The number of benzene rings is 2. The summed E-state index contributed by atoms with van der Waals surface area (Å²) < 4.78 is 0. The summed E-state index contributed by atoms with van der Waals surface area (Å²) in [6, 6.07) is 10.2. The van der Waals surface area contributed by atoms with E-state index in [1.54, 1.807) is 42.5 Å². The maximum atomic E-state index is 13.6. The standard InChI is InChI=1S/C31H42N6O8/c1-18(2)14-23(30(44)37-24(29(43)34-17-26(33)39)16-20-8-10-21(38)11-9-20)36-31(45)25(15-19-6-4-3-5-7-19)35-28(42)22(32)12-13-27(40)41/h3-11,18,22-25,38H,12-17,32H2,1-2H3,(H2,33,39)(H,34,43)(H,35,42)(H,36,45)(H,37,44)(H,40,41)/t22-,23-,24-,25-/m0/s1. The fraction of sp³-hybridized carbons (Fsp3) is 0.419. The predicted molar refractivity (Wildman–Crippen MR) is 164 cm³/mol. The summed E-state index contributed by atoms with van der Waals surface area (Å²) in [7, 11) is 0. The van der Waals surface area contributed by atoms with Crippen molar-refractivity contribution in [3.8, 4) is 5.75 Å². The highest BCUT2D eigenvalue weighted by Gasteiger charge is 2.31. The molecule has 5 amide bonds. The van der Waals surface area contributed by atoms with Crippen molar-refractivity contribution in [3.63, 3.8) is 0 Å². The Kier molecular flexibility index (Phi) is 14.5. The van der Waals surface area contributed by atoms with E-state index in [2.05, 4.69) is 21.3 Å². The lowest BCUT2D eigenvalue weighted by molar-refractivity contribution is -0.137. The molecule has 2 aromatic rings. The van der Waals surface area contributed by atoms with Crippen LogP contribution in [0.2, 0.25) is 0 Å². The van der Waals surface area contributed by atoms with E-state index in [9.17, 15) is 33.9 Å². The summed E-state index contributed by atoms with van der Waals surface area (Å²) in [4.78, 5) is 75.1. The lowest BCUT2D eigenvalue weighted by atomic mass is 9.99. The Hall–Kier alpha value is -4.98. The first-order valence-electron chi connectivity index (χ1n) is 14.5. The molecular formula is C31H42N6O8. The second-order valence-corrected chi connectivity index (χ2v) is 11.1. The number of rotatable bonds is 18. The molecule has 0 aliphatic heterocycles. The number of carboxylic acid groups (broad SMARTS) is 1. The van der Waals surface area contributed by atoms with Gasteiger partial charge in [0.25, 0.3) is 0 Å². The molecule has 0 aromatic heterocycles. The van der Waals surface area contributed by atoms with Crippen LogP contribution < -0.4 is 32.7 Å². The molecule has 4 atom stereocenters. The molecule has 14 nitrogen and oxygen atoms in total. The van der Waals surface area contributed by atoms with Gasteiger partial charge in [-0.2, -0.15) is 0 Å². The Morgan fingerprint density at radius 2 is 1.24 bits per heavy atom. The number of phenolic OH excluding ortho intramolecular Hbond substituents is 1. The minimum Gasteiger partial charge on any atom is -0.508 e. The lowest BCUT2D eigenvalue weighted by Gasteiger charge is -2.27. The summed E-state index contributed by atoms with van der Waals surface area (Å²) in [5.74, 6) is -4.75. The molecule has 0 heterocycles. The minimum absolute atomic E-state index is 0.000118. The van der Waals surface area contributed by atoms with Gasteiger partial charge in [-0.25, -0.2) is 0 Å². The third kappa shape index (κ3) is 13.5. The first-order valence-corrected chi connectivity index (χ1v) is 14.5. The molecule has 2 rings (SSSR count). The van der Waals surface area contributed by atoms with Gasteiger partial charge in [-0.3, -0.25) is 28.8 Å². The van der Waals surface area contributed by atoms with Crippen molar-refractivity contribution < 1.29 is 39.0 Å². The number of primary amides is 1. The van der Waals surface area contributed by atoms with Crippen molar-refractivity contribution in [1.82, 2.24) is 21.3 Å². The number of amides is 5. The third-order valence-corrected chi connectivity index (χ3v) is 6.71. The molecule has 244 valence electrons. The average molecular weight is 627 g/mol. The SMILES string of the molecule is CC(C)C[C@H](NC(=O)[C@H](Cc1ccccc1)NC(=O)[C@@H](N)CCC(=O)O)C(=O)N[C@@H](Cc1ccc(O)cc1)C(=O)NCC(N)=O. The first kappa shape index (κ1) is 36.2. The van der Waals surface area contributed by atoms with Gasteiger partial charge in [0.2, 0.25) is 29.5 Å². The first-order chi connectivity index (χ1) is 21.2. The summed E-state index contributed by atoms with van der Waals surface area (Å²) >= 11 is 0. The van der Waals surface area contributed by atoms with E-state index in [4.69, 9.17) is 16.6 Å². The van der Waals surface area contributed by atoms with Crippen molar-refractivity contribution in [2.75, 3.05) is 6.54 Å². The topological polar surface area (TPSA) is 243 Å². The Morgan fingerprint density at radius 1 is 0.733 bits per heavy atom. The molecule has 0 aliphatic carbocycles. The van der Waals surface area contributed by atoms with Gasteiger partial charge in [-0.15, -0.1) is 0 Å². The average Bonchev–Trinajstić information content (AvgIpc) is 2.98. The number of phenols is 1. The molecule has 0 radical (unpaired) electrons. The second kappa shape index (κ2) is 18.0. The van der Waals surface area contributed by atoms with Crippen molar-refractivity contribution in [3.05, 3.63) is 65.7 Å². The number of carbonyl (C=O) groups excluding carboxylic acids is 5. The molecule has 10 N–H and O–H groups in total. The fourth-order valence-electron chi connectivity index (χ4n) is 4.37. The van der Waals surface area contributed by atoms with E-state index in [1.807, 2.05) is 13.8 Å². The molecule has 0 unspecified atom stereocenters. The smallest absolute Gasteiger partial charge is 0.303 e. The molecule has 45 heavy (non-hydrogen) atoms. The summed E-state index contributed by atoms with van der Waals surface area (Å²) in [5, 5.41) is 28.8. The van der Waals surface area contributed by atoms with Crippen molar-refractivity contribution in [1.29, 1.82) is 0 Å². The number of carbonyl (C=O) groups is 6. The van der Waals surface area contributed by atoms with E-state index in [1.165, 1.54) is 12.1 Å². The maximum absolute atomic E-state index is 13.6. The Morgan fingerprint density at radius 3 is 1.80 bits per heavy atom. The number of nitrogens with one attached hydrogen (secondary N) is 4. The Balaban J connectivity index is 2.28. The summed E-state index contributed by atoms with van der Waals surface area (Å²) in [5.41, 5.74) is 12.3. The van der Waals surface area contributed by atoms with E-state index in [0.29, 0.717) is 11.1 Å². The van der Waals surface area contributed by atoms with E-state index < -0.39 is 66.2 Å². The summed E-state index contributed by atoms with van der Waals surface area (Å²) in [6.07, 6.45) is -0.242. The van der Waals surface area contributed by atoms with Crippen LogP contribution in [0.1, 0.15) is 44.2 Å². The highest BCUT2D eigenvalue weighted by Crippen LogP contribution is 2.13. The zero-order valence-corrected chi connectivity index (χ0v) is 25.3. The molecular weight excluding hydrogens is 584 g/mol. The third-order valence-electron chi connectivity index (χ3n) is 6.71. The number of aliphatic carboxylic acids is 1. The van der Waals surface area contributed by atoms with Crippen LogP contribution in [0.15, 0.2) is 54.6 Å². The number of carboxylic acids is 1. The largest absolute Gasteiger partial charge is 0.508 e. The highest BCUT2D eigenvalue weighted by molar-refractivity contribution is 5.95. The van der Waals surface area contributed by atoms with Gasteiger partial charge in [-0.1, -0.05) is 56.3 Å². The van der Waals surface area contributed by atoms with Crippen LogP contribution in [0.4, 0.5) is 0 Å². The van der Waals surface area contributed by atoms with Gasteiger partial charge in [0.05, 0.1) is 12.6 Å². The summed E-state index contributed by atoms with van der Waals surface area (Å²) in [6.45, 7) is 3.22. The predicted octanol–water partition coefficient (Wildman–Crippen LogP) is -0.528. The van der Waals surface area contributed by atoms with Crippen LogP contribution in [0.25, 0.3) is 0 Å². The van der Waals surface area contributed by atoms with Crippen LogP contribution in [-0.2, 0) is 41.6 Å². The van der Waals surface area contributed by atoms with Gasteiger partial charge in [-0.05, 0) is 42.0 Å². The van der Waals surface area contributed by atoms with E-state index >= 15 is 0 Å². The lowest BCUT2D eigenvalue weighted by Crippen LogP contribution is -2.59. The monoisotopic (exact) mass is 626 g/mol. The number of hydrogen-bond donors (Lipinski definition) is 8. The molecule has 0 saturated carbocycles. The van der Waals surface area contributed by atoms with Gasteiger partial charge in [0.15, 0.2) is 0 Å². The van der Waals surface area contributed by atoms with Crippen LogP contribution >= 0.6 is 0 Å². The van der Waals surface area contributed by atoms with Crippen LogP contribution in [0.5, 0.6) is 5.75 Å². The van der Waals surface area contributed by atoms with E-state index in [0.717, 1.165) is 0 Å². The van der Waals surface area contributed by atoms with Gasteiger partial charge in [0.1, 0.15) is 23.9 Å². The quantitative estimate of drug-likeness (QED) is 0.106. The molecule has 2 aromatic carbocycles. The van der Waals surface area contributed by atoms with Crippen molar-refractivity contribution in [2.45, 2.75) is 70.1 Å². The molecule has 0 bridgehead atoms. The Labute approximate surface area is 261 Å². The number of nitrogens with two attached hydrogens (primary N) is 2. The zero-order valence-electron chi connectivity index (χ0n) is 25.3. The van der Waals surface area contributed by atoms with Gasteiger partial charge in [0, 0.05) is 19.3 Å². The van der Waals surface area contributed by atoms with Gasteiger partial charge >= 0.3 is 5.97 Å². The number of hydrogen-bond acceptors (Lipinski definition) is 8. The maximum Gasteiger partial charge on any atom is 0.303 e.